The highest BCUT2D eigenvalue weighted by molar-refractivity contribution is 5.77. The molecule has 0 unspecified atom stereocenters. The number of carbonyl (C=O) groups is 1. The van der Waals surface area contributed by atoms with Gasteiger partial charge in [0, 0.05) is 25.2 Å². The first-order valence-corrected chi connectivity index (χ1v) is 8.77. The van der Waals surface area contributed by atoms with E-state index in [2.05, 4.69) is 4.98 Å². The number of rotatable bonds is 4. The van der Waals surface area contributed by atoms with Crippen molar-refractivity contribution < 1.29 is 23.3 Å². The first-order chi connectivity index (χ1) is 13.5. The third-order valence-electron chi connectivity index (χ3n) is 4.71. The summed E-state index contributed by atoms with van der Waals surface area (Å²) in [6, 6.07) is 10.7. The number of nitro groups is 1. The van der Waals surface area contributed by atoms with E-state index in [1.54, 1.807) is 0 Å². The molecule has 0 spiro atoms. The summed E-state index contributed by atoms with van der Waals surface area (Å²) in [6.45, 7) is 1.05. The van der Waals surface area contributed by atoms with E-state index < -0.39 is 28.3 Å². The molecule has 0 radical (unpaired) electrons. The minimum Gasteiger partial charge on any atom is -0.423 e. The highest BCUT2D eigenvalue weighted by Crippen LogP contribution is 2.31. The van der Waals surface area contributed by atoms with E-state index in [-0.39, 0.29) is 5.75 Å². The summed E-state index contributed by atoms with van der Waals surface area (Å²) < 4.78 is 24.3. The van der Waals surface area contributed by atoms with Crippen LogP contribution in [0.3, 0.4) is 0 Å². The molecule has 4 rings (SSSR count). The lowest BCUT2D eigenvalue weighted by Crippen LogP contribution is -2.37. The Morgan fingerprint density at radius 1 is 1.25 bits per heavy atom. The molecular formula is C19H16FN3O5. The van der Waals surface area contributed by atoms with Gasteiger partial charge in [0.25, 0.3) is 6.01 Å². The van der Waals surface area contributed by atoms with Gasteiger partial charge in [0.05, 0.1) is 10.8 Å². The standard InChI is InChI=1S/C19H16FN3O5/c20-13-5-6-15(23(25)26)17(11-13)27-18(24)12-7-9-22(10-8-12)19-21-14-3-1-2-4-16(14)28-19/h1-6,11-12H,7-10H2. The fourth-order valence-corrected chi connectivity index (χ4v) is 3.21. The fraction of sp³-hybridized carbons (Fsp3) is 0.263. The average molecular weight is 385 g/mol. The third kappa shape index (κ3) is 3.51. The van der Waals surface area contributed by atoms with Gasteiger partial charge in [-0.2, -0.15) is 4.98 Å². The Morgan fingerprint density at radius 2 is 2.00 bits per heavy atom. The summed E-state index contributed by atoms with van der Waals surface area (Å²) >= 11 is 0. The molecule has 0 amide bonds. The first kappa shape index (κ1) is 17.9. The predicted octanol–water partition coefficient (Wildman–Crippen LogP) is 3.70. The summed E-state index contributed by atoms with van der Waals surface area (Å²) in [7, 11) is 0. The van der Waals surface area contributed by atoms with E-state index >= 15 is 0 Å². The van der Waals surface area contributed by atoms with Crippen LogP contribution in [-0.4, -0.2) is 29.0 Å². The summed E-state index contributed by atoms with van der Waals surface area (Å²) in [4.78, 5) is 29.1. The molecule has 0 bridgehead atoms. The third-order valence-corrected chi connectivity index (χ3v) is 4.71. The van der Waals surface area contributed by atoms with Gasteiger partial charge in [-0.15, -0.1) is 0 Å². The number of benzene rings is 2. The molecule has 2 aromatic carbocycles. The maximum absolute atomic E-state index is 13.4. The van der Waals surface area contributed by atoms with Gasteiger partial charge >= 0.3 is 11.7 Å². The monoisotopic (exact) mass is 385 g/mol. The Kier molecular flexibility index (Phi) is 4.64. The van der Waals surface area contributed by atoms with Gasteiger partial charge < -0.3 is 14.1 Å². The lowest BCUT2D eigenvalue weighted by atomic mass is 9.97. The molecule has 144 valence electrons. The largest absolute Gasteiger partial charge is 0.423 e. The summed E-state index contributed by atoms with van der Waals surface area (Å²) in [5.74, 6) is -2.13. The van der Waals surface area contributed by atoms with Gasteiger partial charge in [0.1, 0.15) is 11.3 Å². The van der Waals surface area contributed by atoms with Crippen LogP contribution in [0.1, 0.15) is 12.8 Å². The normalized spacial score (nSPS) is 15.0. The van der Waals surface area contributed by atoms with Gasteiger partial charge in [0.2, 0.25) is 5.75 Å². The number of carbonyl (C=O) groups excluding carboxylic acids is 1. The number of aromatic nitrogens is 1. The van der Waals surface area contributed by atoms with Crippen molar-refractivity contribution >= 4 is 28.8 Å². The molecule has 1 fully saturated rings. The Labute approximate surface area is 158 Å². The van der Waals surface area contributed by atoms with Gasteiger partial charge in [0.15, 0.2) is 5.58 Å². The lowest BCUT2D eigenvalue weighted by Gasteiger charge is -2.29. The summed E-state index contributed by atoms with van der Waals surface area (Å²) in [5, 5.41) is 11.0. The zero-order chi connectivity index (χ0) is 19.7. The number of piperidine rings is 1. The van der Waals surface area contributed by atoms with E-state index in [4.69, 9.17) is 9.15 Å². The molecule has 1 saturated heterocycles. The van der Waals surface area contributed by atoms with Crippen LogP contribution in [-0.2, 0) is 4.79 Å². The lowest BCUT2D eigenvalue weighted by molar-refractivity contribution is -0.385. The second-order valence-corrected chi connectivity index (χ2v) is 6.52. The molecule has 2 heterocycles. The minimum absolute atomic E-state index is 0.378. The van der Waals surface area contributed by atoms with Crippen LogP contribution in [0.25, 0.3) is 11.1 Å². The topological polar surface area (TPSA) is 98.7 Å². The van der Waals surface area contributed by atoms with Crippen molar-refractivity contribution in [2.75, 3.05) is 18.0 Å². The highest BCUT2D eigenvalue weighted by Gasteiger charge is 2.30. The van der Waals surface area contributed by atoms with Crippen molar-refractivity contribution in [3.8, 4) is 5.75 Å². The number of oxazole rings is 1. The Hall–Kier alpha value is -3.49. The number of esters is 1. The Morgan fingerprint density at radius 3 is 2.71 bits per heavy atom. The molecule has 1 aromatic heterocycles. The van der Waals surface area contributed by atoms with Crippen LogP contribution >= 0.6 is 0 Å². The van der Waals surface area contributed by atoms with Gasteiger partial charge in [-0.3, -0.25) is 14.9 Å². The van der Waals surface area contributed by atoms with Crippen molar-refractivity contribution in [1.82, 2.24) is 4.98 Å². The van der Waals surface area contributed by atoms with Crippen molar-refractivity contribution in [1.29, 1.82) is 0 Å². The van der Waals surface area contributed by atoms with Crippen molar-refractivity contribution in [3.05, 3.63) is 58.4 Å². The van der Waals surface area contributed by atoms with E-state index in [0.29, 0.717) is 37.5 Å². The van der Waals surface area contributed by atoms with Gasteiger partial charge in [-0.1, -0.05) is 12.1 Å². The van der Waals surface area contributed by atoms with E-state index in [1.165, 1.54) is 0 Å². The smallest absolute Gasteiger partial charge is 0.314 e. The average Bonchev–Trinajstić information content (AvgIpc) is 3.12. The van der Waals surface area contributed by atoms with Crippen LogP contribution in [0.15, 0.2) is 46.9 Å². The quantitative estimate of drug-likeness (QED) is 0.292. The predicted molar refractivity (Wildman–Crippen MR) is 97.6 cm³/mol. The molecule has 1 aliphatic heterocycles. The molecule has 0 atom stereocenters. The Balaban J connectivity index is 1.42. The molecule has 1 aliphatic rings. The Bertz CT molecular complexity index is 1010. The van der Waals surface area contributed by atoms with E-state index in [1.807, 2.05) is 29.2 Å². The number of anilines is 1. The summed E-state index contributed by atoms with van der Waals surface area (Å²) in [6.07, 6.45) is 0.946. The zero-order valence-corrected chi connectivity index (χ0v) is 14.7. The zero-order valence-electron chi connectivity index (χ0n) is 14.7. The van der Waals surface area contributed by atoms with E-state index in [9.17, 15) is 19.3 Å². The molecule has 0 saturated carbocycles. The van der Waals surface area contributed by atoms with Crippen molar-refractivity contribution in [2.45, 2.75) is 12.8 Å². The fourth-order valence-electron chi connectivity index (χ4n) is 3.21. The van der Waals surface area contributed by atoms with Crippen LogP contribution < -0.4 is 9.64 Å². The summed E-state index contributed by atoms with van der Waals surface area (Å²) in [5.41, 5.74) is 1.01. The van der Waals surface area contributed by atoms with Gasteiger partial charge in [-0.25, -0.2) is 4.39 Å². The maximum atomic E-state index is 13.4. The number of ether oxygens (including phenoxy) is 1. The molecule has 3 aromatic rings. The number of hydrogen-bond acceptors (Lipinski definition) is 7. The SMILES string of the molecule is O=C(Oc1cc(F)ccc1[N+](=O)[O-])C1CCN(c2nc3ccccc3o2)CC1. The van der Waals surface area contributed by atoms with Crippen molar-refractivity contribution in [2.24, 2.45) is 5.92 Å². The first-order valence-electron chi connectivity index (χ1n) is 8.77. The second-order valence-electron chi connectivity index (χ2n) is 6.52. The molecule has 9 heteroatoms. The highest BCUT2D eigenvalue weighted by atomic mass is 19.1. The number of nitrogens with zero attached hydrogens (tertiary/aromatic N) is 3. The van der Waals surface area contributed by atoms with Crippen LogP contribution in [0.4, 0.5) is 16.1 Å². The van der Waals surface area contributed by atoms with Crippen molar-refractivity contribution in [3.63, 3.8) is 0 Å². The van der Waals surface area contributed by atoms with Gasteiger partial charge in [-0.05, 0) is 31.0 Å². The van der Waals surface area contributed by atoms with Crippen LogP contribution in [0.5, 0.6) is 5.75 Å². The van der Waals surface area contributed by atoms with Crippen LogP contribution in [0, 0.1) is 21.8 Å². The number of halogens is 1. The second kappa shape index (κ2) is 7.26. The number of nitro benzene ring substituents is 1. The molecule has 0 N–H and O–H groups in total. The molecule has 28 heavy (non-hydrogen) atoms. The molecule has 0 aliphatic carbocycles. The molecular weight excluding hydrogens is 369 g/mol. The van der Waals surface area contributed by atoms with E-state index in [0.717, 1.165) is 23.7 Å². The minimum atomic E-state index is -0.710. The van der Waals surface area contributed by atoms with Crippen LogP contribution in [0.2, 0.25) is 0 Å². The molecule has 8 nitrogen and oxygen atoms in total. The number of para-hydroxylation sites is 2. The number of fused-ring (bicyclic) bond motifs is 1. The number of hydrogen-bond donors (Lipinski definition) is 0. The maximum Gasteiger partial charge on any atom is 0.314 e.